The molecule has 2 aromatic carbocycles. The summed E-state index contributed by atoms with van der Waals surface area (Å²) in [5.41, 5.74) is 5.52. The summed E-state index contributed by atoms with van der Waals surface area (Å²) >= 11 is 0. The molecule has 2 heterocycles. The van der Waals surface area contributed by atoms with Gasteiger partial charge in [-0.15, -0.1) is 12.4 Å². The highest BCUT2D eigenvalue weighted by Crippen LogP contribution is 2.30. The van der Waals surface area contributed by atoms with Crippen LogP contribution in [0, 0.1) is 0 Å². The zero-order valence-corrected chi connectivity index (χ0v) is 18.4. The first-order chi connectivity index (χ1) is 13.7. The zero-order chi connectivity index (χ0) is 19.3. The fraction of sp³-hybridized carbons (Fsp3) is 0.478. The average Bonchev–Trinajstić information content (AvgIpc) is 3.19. The molecule has 4 rings (SSSR count). The summed E-state index contributed by atoms with van der Waals surface area (Å²) in [5, 5.41) is 3.57. The Morgan fingerprint density at radius 1 is 1.00 bits per heavy atom. The first-order valence-corrected chi connectivity index (χ1v) is 10.4. The lowest BCUT2D eigenvalue weighted by atomic mass is 10.1. The van der Waals surface area contributed by atoms with Gasteiger partial charge in [0.15, 0.2) is 0 Å². The summed E-state index contributed by atoms with van der Waals surface area (Å²) in [6, 6.07) is 15.2. The van der Waals surface area contributed by atoms with Crippen LogP contribution in [-0.2, 0) is 13.0 Å². The molecule has 0 spiro atoms. The number of para-hydroxylation sites is 3. The third-order valence-corrected chi connectivity index (χ3v) is 5.70. The normalized spacial score (nSPS) is 16.3. The number of likely N-dealkylation sites (N-methyl/N-ethyl adjacent to an activating group) is 1. The highest BCUT2D eigenvalue weighted by Gasteiger charge is 2.21. The molecule has 0 bridgehead atoms. The molecule has 5 nitrogen and oxygen atoms in total. The van der Waals surface area contributed by atoms with E-state index >= 15 is 0 Å². The van der Waals surface area contributed by atoms with Crippen LogP contribution in [0.4, 0.5) is 11.4 Å². The van der Waals surface area contributed by atoms with Gasteiger partial charge in [0.05, 0.1) is 5.69 Å². The molecule has 0 aliphatic carbocycles. The largest absolute Gasteiger partial charge is 0.490 e. The summed E-state index contributed by atoms with van der Waals surface area (Å²) in [6.45, 7) is 7.99. The highest BCUT2D eigenvalue weighted by atomic mass is 35.5. The molecule has 0 unspecified atom stereocenters. The lowest BCUT2D eigenvalue weighted by Crippen LogP contribution is -2.46. The van der Waals surface area contributed by atoms with Gasteiger partial charge in [0, 0.05) is 51.5 Å². The zero-order valence-electron chi connectivity index (χ0n) is 17.6. The minimum Gasteiger partial charge on any atom is -0.490 e. The van der Waals surface area contributed by atoms with Crippen LogP contribution in [0.2, 0.25) is 0 Å². The smallest absolute Gasteiger partial charge is 0.142 e. The van der Waals surface area contributed by atoms with E-state index in [4.69, 9.17) is 4.74 Å². The molecule has 158 valence electrons. The van der Waals surface area contributed by atoms with Crippen LogP contribution in [-0.4, -0.2) is 69.8 Å². The Bertz CT molecular complexity index is 790. The predicted octanol–water partition coefficient (Wildman–Crippen LogP) is 3.34. The van der Waals surface area contributed by atoms with Crippen molar-refractivity contribution in [3.63, 3.8) is 0 Å². The van der Waals surface area contributed by atoms with Gasteiger partial charge in [-0.05, 0) is 43.8 Å². The third-order valence-electron chi connectivity index (χ3n) is 5.70. The predicted molar refractivity (Wildman–Crippen MR) is 124 cm³/mol. The molecule has 1 saturated heterocycles. The number of ether oxygens (including phenoxy) is 1. The van der Waals surface area contributed by atoms with Gasteiger partial charge in [-0.25, -0.2) is 0 Å². The highest BCUT2D eigenvalue weighted by molar-refractivity contribution is 5.85. The van der Waals surface area contributed by atoms with E-state index in [1.165, 1.54) is 22.5 Å². The van der Waals surface area contributed by atoms with Crippen molar-refractivity contribution >= 4 is 23.8 Å². The number of nitrogens with zero attached hydrogens (tertiary/aromatic N) is 3. The van der Waals surface area contributed by atoms with Gasteiger partial charge >= 0.3 is 0 Å². The molecule has 2 aliphatic rings. The Hall–Kier alpha value is -1.95. The summed E-state index contributed by atoms with van der Waals surface area (Å²) in [6.07, 6.45) is 1.15. The lowest BCUT2D eigenvalue weighted by Gasteiger charge is -2.37. The Morgan fingerprint density at radius 2 is 1.79 bits per heavy atom. The van der Waals surface area contributed by atoms with Gasteiger partial charge in [0.25, 0.3) is 0 Å². The summed E-state index contributed by atoms with van der Waals surface area (Å²) < 4.78 is 6.07. The number of hydrogen-bond acceptors (Lipinski definition) is 5. The second-order valence-electron chi connectivity index (χ2n) is 8.01. The van der Waals surface area contributed by atoms with Crippen molar-refractivity contribution in [3.8, 4) is 5.75 Å². The summed E-state index contributed by atoms with van der Waals surface area (Å²) in [4.78, 5) is 7.19. The number of nitrogens with one attached hydrogen (secondary N) is 1. The van der Waals surface area contributed by atoms with Crippen molar-refractivity contribution in [2.75, 3.05) is 70.2 Å². The Kier molecular flexibility index (Phi) is 7.64. The molecule has 0 radical (unpaired) electrons. The quantitative estimate of drug-likeness (QED) is 0.748. The minimum atomic E-state index is 0. The lowest BCUT2D eigenvalue weighted by molar-refractivity contribution is 0.245. The summed E-state index contributed by atoms with van der Waals surface area (Å²) in [7, 11) is 4.15. The standard InChI is InChI=1S/C23H32N4O.ClH/c1-25(2)16-17-28-22-9-4-3-8-21(22)27-14-12-26(13-15-27)18-20-7-5-6-19-10-11-24-23(19)20;/h3-9,24H,10-18H2,1-2H3;1H. The minimum absolute atomic E-state index is 0. The van der Waals surface area contributed by atoms with Crippen LogP contribution in [0.15, 0.2) is 42.5 Å². The van der Waals surface area contributed by atoms with E-state index in [1.54, 1.807) is 0 Å². The first-order valence-electron chi connectivity index (χ1n) is 10.4. The maximum absolute atomic E-state index is 6.07. The van der Waals surface area contributed by atoms with E-state index in [9.17, 15) is 0 Å². The van der Waals surface area contributed by atoms with Gasteiger partial charge in [-0.1, -0.05) is 30.3 Å². The molecule has 0 saturated carbocycles. The van der Waals surface area contributed by atoms with Crippen molar-refractivity contribution in [1.82, 2.24) is 9.80 Å². The maximum Gasteiger partial charge on any atom is 0.142 e. The van der Waals surface area contributed by atoms with Crippen molar-refractivity contribution < 1.29 is 4.74 Å². The van der Waals surface area contributed by atoms with E-state index in [0.29, 0.717) is 0 Å². The molecular weight excluding hydrogens is 384 g/mol. The van der Waals surface area contributed by atoms with Crippen LogP contribution < -0.4 is 15.0 Å². The van der Waals surface area contributed by atoms with Gasteiger partial charge in [0.1, 0.15) is 12.4 Å². The molecular formula is C23H33ClN4O. The van der Waals surface area contributed by atoms with E-state index < -0.39 is 0 Å². The van der Waals surface area contributed by atoms with E-state index in [2.05, 4.69) is 76.6 Å². The molecule has 29 heavy (non-hydrogen) atoms. The van der Waals surface area contributed by atoms with Crippen molar-refractivity contribution in [2.24, 2.45) is 0 Å². The number of rotatable bonds is 7. The van der Waals surface area contributed by atoms with Crippen LogP contribution in [0.1, 0.15) is 11.1 Å². The topological polar surface area (TPSA) is 31.0 Å². The second-order valence-corrected chi connectivity index (χ2v) is 8.01. The average molecular weight is 417 g/mol. The van der Waals surface area contributed by atoms with Gasteiger partial charge in [-0.3, -0.25) is 4.90 Å². The first kappa shape index (κ1) is 21.8. The number of anilines is 2. The van der Waals surface area contributed by atoms with E-state index in [-0.39, 0.29) is 12.4 Å². The van der Waals surface area contributed by atoms with Gasteiger partial charge in [-0.2, -0.15) is 0 Å². The summed E-state index contributed by atoms with van der Waals surface area (Å²) in [5.74, 6) is 1.00. The molecule has 1 fully saturated rings. The fourth-order valence-corrected chi connectivity index (χ4v) is 4.11. The number of piperazine rings is 1. The molecule has 0 amide bonds. The van der Waals surface area contributed by atoms with Crippen LogP contribution in [0.3, 0.4) is 0 Å². The van der Waals surface area contributed by atoms with Crippen LogP contribution in [0.5, 0.6) is 5.75 Å². The monoisotopic (exact) mass is 416 g/mol. The SMILES string of the molecule is CN(C)CCOc1ccccc1N1CCN(Cc2cccc3c2NCC3)CC1.Cl. The number of fused-ring (bicyclic) bond motifs is 1. The van der Waals surface area contributed by atoms with Crippen LogP contribution >= 0.6 is 12.4 Å². The molecule has 0 atom stereocenters. The number of halogens is 1. The Morgan fingerprint density at radius 3 is 2.59 bits per heavy atom. The van der Waals surface area contributed by atoms with Crippen molar-refractivity contribution in [2.45, 2.75) is 13.0 Å². The van der Waals surface area contributed by atoms with Gasteiger partial charge in [0.2, 0.25) is 0 Å². The molecule has 0 aromatic heterocycles. The number of benzene rings is 2. The van der Waals surface area contributed by atoms with Gasteiger partial charge < -0.3 is 19.9 Å². The molecule has 6 heteroatoms. The Labute approximate surface area is 181 Å². The Balaban J connectivity index is 0.00000240. The van der Waals surface area contributed by atoms with E-state index in [1.807, 2.05) is 0 Å². The van der Waals surface area contributed by atoms with Crippen molar-refractivity contribution in [1.29, 1.82) is 0 Å². The maximum atomic E-state index is 6.07. The number of hydrogen-bond donors (Lipinski definition) is 1. The second kappa shape index (κ2) is 10.2. The van der Waals surface area contributed by atoms with Crippen molar-refractivity contribution in [3.05, 3.63) is 53.6 Å². The van der Waals surface area contributed by atoms with E-state index in [0.717, 1.165) is 64.6 Å². The third kappa shape index (κ3) is 5.35. The van der Waals surface area contributed by atoms with Crippen LogP contribution in [0.25, 0.3) is 0 Å². The molecule has 1 N–H and O–H groups in total. The molecule has 2 aromatic rings. The fourth-order valence-electron chi connectivity index (χ4n) is 4.11. The molecule has 2 aliphatic heterocycles.